The zero-order valence-corrected chi connectivity index (χ0v) is 21.9. The maximum Gasteiger partial charge on any atom is 0.248 e. The first-order valence-electron chi connectivity index (χ1n) is 13.9. The van der Waals surface area contributed by atoms with Crippen LogP contribution in [0.2, 0.25) is 0 Å². The number of likely N-dealkylation sites (tertiary alicyclic amines) is 1. The highest BCUT2D eigenvalue weighted by Crippen LogP contribution is 2.25. The third kappa shape index (κ3) is 7.81. The molecule has 1 amide bonds. The molecule has 7 heteroatoms. The minimum atomic E-state index is -0.103. The minimum Gasteiger partial charge on any atom is -0.494 e. The normalized spacial score (nSPS) is 19.1. The number of carbonyl (C=O) groups excluding carboxylic acids is 1. The number of ether oxygens (including phenoxy) is 2. The van der Waals surface area contributed by atoms with Gasteiger partial charge in [0.2, 0.25) is 11.5 Å². The molecular weight excluding hydrogens is 454 g/mol. The summed E-state index contributed by atoms with van der Waals surface area (Å²) < 4.78 is 11.3. The number of amides is 1. The van der Waals surface area contributed by atoms with Gasteiger partial charge in [-0.1, -0.05) is 19.3 Å². The molecule has 36 heavy (non-hydrogen) atoms. The molecule has 0 radical (unpaired) electrons. The molecule has 1 aromatic heterocycles. The van der Waals surface area contributed by atoms with E-state index in [-0.39, 0.29) is 11.5 Å². The van der Waals surface area contributed by atoms with Crippen molar-refractivity contribution in [3.05, 3.63) is 40.7 Å². The van der Waals surface area contributed by atoms with Crippen molar-refractivity contribution in [1.29, 1.82) is 0 Å². The number of unbranched alkanes of at least 4 members (excludes halogenated alkanes) is 1. The summed E-state index contributed by atoms with van der Waals surface area (Å²) in [4.78, 5) is 32.2. The van der Waals surface area contributed by atoms with Gasteiger partial charge in [-0.3, -0.25) is 14.5 Å². The Balaban J connectivity index is 1.23. The topological polar surface area (TPSA) is 74.9 Å². The number of pyridine rings is 1. The molecule has 0 unspecified atom stereocenters. The van der Waals surface area contributed by atoms with Crippen molar-refractivity contribution in [2.24, 2.45) is 5.92 Å². The number of aromatic amines is 1. The summed E-state index contributed by atoms with van der Waals surface area (Å²) in [6.45, 7) is 5.16. The van der Waals surface area contributed by atoms with Crippen LogP contribution in [-0.2, 0) is 9.53 Å². The summed E-state index contributed by atoms with van der Waals surface area (Å²) >= 11 is 0. The number of carbonyl (C=O) groups is 1. The Morgan fingerprint density at radius 2 is 1.94 bits per heavy atom. The quantitative estimate of drug-likeness (QED) is 0.410. The van der Waals surface area contributed by atoms with Crippen LogP contribution in [0.3, 0.4) is 0 Å². The average molecular weight is 498 g/mol. The summed E-state index contributed by atoms with van der Waals surface area (Å²) in [5.41, 5.74) is 0.703. The smallest absolute Gasteiger partial charge is 0.248 e. The molecule has 198 valence electrons. The number of aromatic nitrogens is 1. The second kappa shape index (κ2) is 13.8. The highest BCUT2D eigenvalue weighted by atomic mass is 16.5. The molecule has 2 heterocycles. The van der Waals surface area contributed by atoms with Crippen molar-refractivity contribution < 1.29 is 14.3 Å². The van der Waals surface area contributed by atoms with Crippen LogP contribution < -0.4 is 10.3 Å². The lowest BCUT2D eigenvalue weighted by Gasteiger charge is -2.32. The molecule has 2 aliphatic rings. The van der Waals surface area contributed by atoms with E-state index in [0.29, 0.717) is 25.0 Å². The summed E-state index contributed by atoms with van der Waals surface area (Å²) in [5.74, 6) is 1.73. The minimum absolute atomic E-state index is 0.103. The average Bonchev–Trinajstić information content (AvgIpc) is 3.34. The Hall–Kier alpha value is -2.38. The van der Waals surface area contributed by atoms with Gasteiger partial charge >= 0.3 is 0 Å². The van der Waals surface area contributed by atoms with Gasteiger partial charge in [-0.25, -0.2) is 0 Å². The lowest BCUT2D eigenvalue weighted by atomic mass is 9.89. The maximum atomic E-state index is 13.2. The van der Waals surface area contributed by atoms with E-state index in [4.69, 9.17) is 9.47 Å². The van der Waals surface area contributed by atoms with E-state index < -0.39 is 0 Å². The van der Waals surface area contributed by atoms with Crippen molar-refractivity contribution in [1.82, 2.24) is 14.8 Å². The number of hydrogen-bond donors (Lipinski definition) is 1. The molecule has 1 aliphatic carbocycles. The third-order valence-electron chi connectivity index (χ3n) is 7.82. The first-order chi connectivity index (χ1) is 17.6. The fourth-order valence-electron chi connectivity index (χ4n) is 5.77. The number of nitrogens with one attached hydrogen (secondary N) is 1. The Morgan fingerprint density at radius 1 is 1.08 bits per heavy atom. The van der Waals surface area contributed by atoms with Crippen LogP contribution in [0.15, 0.2) is 35.1 Å². The Morgan fingerprint density at radius 3 is 2.78 bits per heavy atom. The molecule has 0 spiro atoms. The SMILES string of the molecule is COC[C@@H]1CCCN1CCN(CC1CCCCC1)C(=O)CCCCOc1ccc2[nH]c(=O)ccc2c1. The first kappa shape index (κ1) is 26.7. The van der Waals surface area contributed by atoms with Gasteiger partial charge in [-0.2, -0.15) is 0 Å². The van der Waals surface area contributed by atoms with Gasteiger partial charge in [-0.15, -0.1) is 0 Å². The fraction of sp³-hybridized carbons (Fsp3) is 0.655. The van der Waals surface area contributed by atoms with Crippen LogP contribution >= 0.6 is 0 Å². The molecule has 4 rings (SSSR count). The van der Waals surface area contributed by atoms with E-state index in [1.165, 1.54) is 51.0 Å². The number of H-pyrrole nitrogens is 1. The number of nitrogens with zero attached hydrogens (tertiary/aromatic N) is 2. The number of methoxy groups -OCH3 is 1. The number of benzene rings is 1. The van der Waals surface area contributed by atoms with Gasteiger partial charge in [0.1, 0.15) is 5.75 Å². The van der Waals surface area contributed by atoms with E-state index in [9.17, 15) is 9.59 Å². The van der Waals surface area contributed by atoms with E-state index in [2.05, 4.69) is 14.8 Å². The van der Waals surface area contributed by atoms with Crippen LogP contribution in [0.5, 0.6) is 5.75 Å². The highest BCUT2D eigenvalue weighted by Gasteiger charge is 2.26. The third-order valence-corrected chi connectivity index (χ3v) is 7.82. The lowest BCUT2D eigenvalue weighted by molar-refractivity contribution is -0.132. The number of fused-ring (bicyclic) bond motifs is 1. The van der Waals surface area contributed by atoms with Gasteiger partial charge < -0.3 is 19.4 Å². The number of rotatable bonds is 13. The Kier molecular flexibility index (Phi) is 10.2. The molecule has 1 saturated carbocycles. The van der Waals surface area contributed by atoms with Crippen molar-refractivity contribution in [2.45, 2.75) is 70.3 Å². The van der Waals surface area contributed by atoms with E-state index in [1.54, 1.807) is 13.2 Å². The zero-order chi connectivity index (χ0) is 25.2. The monoisotopic (exact) mass is 497 g/mol. The van der Waals surface area contributed by atoms with E-state index in [1.807, 2.05) is 18.2 Å². The molecule has 0 bridgehead atoms. The summed E-state index contributed by atoms with van der Waals surface area (Å²) in [7, 11) is 1.78. The highest BCUT2D eigenvalue weighted by molar-refractivity contribution is 5.79. The van der Waals surface area contributed by atoms with Crippen molar-refractivity contribution >= 4 is 16.8 Å². The van der Waals surface area contributed by atoms with Crippen LogP contribution in [0, 0.1) is 5.92 Å². The van der Waals surface area contributed by atoms with E-state index in [0.717, 1.165) is 62.3 Å². The Bertz CT molecular complexity index is 1020. The van der Waals surface area contributed by atoms with Crippen LogP contribution in [-0.4, -0.2) is 73.2 Å². The van der Waals surface area contributed by atoms with Gasteiger partial charge in [0.25, 0.3) is 0 Å². The van der Waals surface area contributed by atoms with Gasteiger partial charge in [0.05, 0.1) is 13.2 Å². The predicted molar refractivity (Wildman–Crippen MR) is 144 cm³/mol. The van der Waals surface area contributed by atoms with Crippen LogP contribution in [0.1, 0.15) is 64.2 Å². The zero-order valence-electron chi connectivity index (χ0n) is 21.9. The predicted octanol–water partition coefficient (Wildman–Crippen LogP) is 4.60. The molecule has 1 atom stereocenters. The molecule has 1 N–H and O–H groups in total. The van der Waals surface area contributed by atoms with Gasteiger partial charge in [0.15, 0.2) is 0 Å². The molecule has 7 nitrogen and oxygen atoms in total. The summed E-state index contributed by atoms with van der Waals surface area (Å²) in [6, 6.07) is 9.52. The Labute approximate surface area is 215 Å². The fourth-order valence-corrected chi connectivity index (χ4v) is 5.77. The molecule has 1 aromatic carbocycles. The molecule has 2 aromatic rings. The summed E-state index contributed by atoms with van der Waals surface area (Å²) in [6.07, 6.45) is 11.1. The standard InChI is InChI=1S/C29H43N3O4/c1-35-22-25-10-7-16-31(25)17-18-32(21-23-8-3-2-4-9-23)29(34)11-5-6-19-36-26-13-14-27-24(20-26)12-15-28(33)30-27/h12-15,20,23,25H,2-11,16-19,21-22H2,1H3,(H,30,33)/t25-/m0/s1. The first-order valence-corrected chi connectivity index (χ1v) is 13.9. The van der Waals surface area contributed by atoms with E-state index >= 15 is 0 Å². The maximum absolute atomic E-state index is 13.2. The number of hydrogen-bond acceptors (Lipinski definition) is 5. The van der Waals surface area contributed by atoms with Gasteiger partial charge in [-0.05, 0) is 75.3 Å². The van der Waals surface area contributed by atoms with Crippen molar-refractivity contribution in [2.75, 3.05) is 46.5 Å². The molecule has 2 fully saturated rings. The largest absolute Gasteiger partial charge is 0.494 e. The molecule has 1 saturated heterocycles. The second-order valence-electron chi connectivity index (χ2n) is 10.5. The van der Waals surface area contributed by atoms with Gasteiger partial charge in [0, 0.05) is 56.2 Å². The lowest BCUT2D eigenvalue weighted by Crippen LogP contribution is -2.43. The summed E-state index contributed by atoms with van der Waals surface area (Å²) in [5, 5.41) is 0.950. The van der Waals surface area contributed by atoms with Crippen LogP contribution in [0.25, 0.3) is 10.9 Å². The van der Waals surface area contributed by atoms with Crippen LogP contribution in [0.4, 0.5) is 0 Å². The van der Waals surface area contributed by atoms with Crippen molar-refractivity contribution in [3.8, 4) is 5.75 Å². The molecule has 1 aliphatic heterocycles. The second-order valence-corrected chi connectivity index (χ2v) is 10.5. The van der Waals surface area contributed by atoms with Crippen molar-refractivity contribution in [3.63, 3.8) is 0 Å². The molecular formula is C29H43N3O4.